The number of thioether (sulfide) groups is 1. The monoisotopic (exact) mass is 470 g/mol. The van der Waals surface area contributed by atoms with E-state index in [1.807, 2.05) is 72.6 Å². The van der Waals surface area contributed by atoms with E-state index in [4.69, 9.17) is 0 Å². The number of fused-ring (bicyclic) bond motifs is 1. The van der Waals surface area contributed by atoms with Crippen molar-refractivity contribution in [2.75, 3.05) is 18.2 Å². The number of nitrogens with one attached hydrogen (secondary N) is 1. The molecule has 1 aromatic heterocycles. The summed E-state index contributed by atoms with van der Waals surface area (Å²) in [4.78, 5) is 28.4. The van der Waals surface area contributed by atoms with E-state index < -0.39 is 0 Å². The Kier molecular flexibility index (Phi) is 6.11. The lowest BCUT2D eigenvalue weighted by Gasteiger charge is -2.25. The van der Waals surface area contributed by atoms with E-state index >= 15 is 0 Å². The molecule has 0 radical (unpaired) electrons. The van der Waals surface area contributed by atoms with Gasteiger partial charge in [0.2, 0.25) is 0 Å². The molecule has 1 saturated heterocycles. The van der Waals surface area contributed by atoms with Crippen LogP contribution < -0.4 is 5.32 Å². The van der Waals surface area contributed by atoms with Crippen molar-refractivity contribution in [3.63, 3.8) is 0 Å². The second-order valence-corrected chi connectivity index (χ2v) is 9.54. The molecule has 4 aromatic rings. The molecule has 1 aliphatic rings. The van der Waals surface area contributed by atoms with Crippen molar-refractivity contribution in [3.05, 3.63) is 89.6 Å². The minimum absolute atomic E-state index is 0.00959. The van der Waals surface area contributed by atoms with Crippen molar-refractivity contribution >= 4 is 34.5 Å². The molecule has 0 aliphatic carbocycles. The molecule has 0 unspecified atom stereocenters. The maximum atomic E-state index is 13.6. The number of aryl methyl sites for hydroxylation is 2. The third kappa shape index (κ3) is 4.19. The summed E-state index contributed by atoms with van der Waals surface area (Å²) < 4.78 is 1.72. The van der Waals surface area contributed by atoms with Crippen LogP contribution in [0.25, 0.3) is 22.0 Å². The largest absolute Gasteiger partial charge is 0.349 e. The predicted molar refractivity (Wildman–Crippen MR) is 137 cm³/mol. The second kappa shape index (κ2) is 9.35. The van der Waals surface area contributed by atoms with Crippen molar-refractivity contribution in [2.24, 2.45) is 7.05 Å². The van der Waals surface area contributed by atoms with Crippen LogP contribution in [-0.2, 0) is 7.05 Å². The predicted octanol–water partition coefficient (Wildman–Crippen LogP) is 4.49. The normalized spacial score (nSPS) is 15.6. The van der Waals surface area contributed by atoms with Gasteiger partial charge in [0.05, 0.1) is 17.4 Å². The van der Waals surface area contributed by atoms with Crippen molar-refractivity contribution < 1.29 is 9.59 Å². The summed E-state index contributed by atoms with van der Waals surface area (Å²) >= 11 is 1.71. The number of nitrogens with zero attached hydrogens (tertiary/aromatic N) is 3. The average molecular weight is 471 g/mol. The SMILES string of the molecule is Cc1cccc(-c2ccccc2C(=O)N2CSC[C@H]2CNC(=O)c2nn(C)c3ccccc23)c1. The molecule has 34 heavy (non-hydrogen) atoms. The van der Waals surface area contributed by atoms with Gasteiger partial charge in [-0.05, 0) is 30.2 Å². The third-order valence-electron chi connectivity index (χ3n) is 6.20. The molecule has 5 rings (SSSR count). The highest BCUT2D eigenvalue weighted by atomic mass is 32.2. The minimum Gasteiger partial charge on any atom is -0.349 e. The first-order valence-corrected chi connectivity index (χ1v) is 12.4. The Bertz CT molecular complexity index is 1380. The van der Waals surface area contributed by atoms with Crippen LogP contribution in [0.5, 0.6) is 0 Å². The smallest absolute Gasteiger partial charge is 0.272 e. The Morgan fingerprint density at radius 3 is 2.71 bits per heavy atom. The van der Waals surface area contributed by atoms with E-state index in [0.717, 1.165) is 33.3 Å². The Morgan fingerprint density at radius 1 is 1.06 bits per heavy atom. The minimum atomic E-state index is -0.221. The van der Waals surface area contributed by atoms with Gasteiger partial charge in [-0.3, -0.25) is 14.3 Å². The summed E-state index contributed by atoms with van der Waals surface area (Å²) in [6.45, 7) is 2.43. The van der Waals surface area contributed by atoms with Crippen molar-refractivity contribution in [3.8, 4) is 11.1 Å². The average Bonchev–Trinajstić information content (AvgIpc) is 3.47. The molecule has 1 fully saturated rings. The van der Waals surface area contributed by atoms with Gasteiger partial charge in [0.25, 0.3) is 11.8 Å². The van der Waals surface area contributed by atoms with Gasteiger partial charge in [-0.1, -0.05) is 66.2 Å². The quantitative estimate of drug-likeness (QED) is 0.467. The number of carbonyl (C=O) groups excluding carboxylic acids is 2. The molecule has 0 saturated carbocycles. The highest BCUT2D eigenvalue weighted by molar-refractivity contribution is 7.99. The van der Waals surface area contributed by atoms with E-state index in [-0.39, 0.29) is 17.9 Å². The fourth-order valence-corrected chi connectivity index (χ4v) is 5.64. The van der Waals surface area contributed by atoms with Crippen LogP contribution in [0, 0.1) is 6.92 Å². The van der Waals surface area contributed by atoms with Crippen LogP contribution in [-0.4, -0.2) is 50.7 Å². The molecule has 1 N–H and O–H groups in total. The summed E-state index contributed by atoms with van der Waals surface area (Å²) in [5.41, 5.74) is 5.11. The van der Waals surface area contributed by atoms with Gasteiger partial charge in [0.1, 0.15) is 0 Å². The summed E-state index contributed by atoms with van der Waals surface area (Å²) in [5.74, 6) is 1.15. The van der Waals surface area contributed by atoms with Crippen molar-refractivity contribution in [1.82, 2.24) is 20.0 Å². The molecular weight excluding hydrogens is 444 g/mol. The van der Waals surface area contributed by atoms with Gasteiger partial charge in [0.15, 0.2) is 5.69 Å². The number of hydrogen-bond donors (Lipinski definition) is 1. The first-order valence-electron chi connectivity index (χ1n) is 11.3. The molecule has 1 atom stereocenters. The number of para-hydroxylation sites is 1. The van der Waals surface area contributed by atoms with Crippen molar-refractivity contribution in [2.45, 2.75) is 13.0 Å². The van der Waals surface area contributed by atoms with E-state index in [1.165, 1.54) is 0 Å². The molecule has 6 nitrogen and oxygen atoms in total. The molecule has 172 valence electrons. The second-order valence-electron chi connectivity index (χ2n) is 8.54. The van der Waals surface area contributed by atoms with Crippen LogP contribution in [0.15, 0.2) is 72.8 Å². The zero-order chi connectivity index (χ0) is 23.7. The van der Waals surface area contributed by atoms with Gasteiger partial charge in [-0.25, -0.2) is 0 Å². The van der Waals surface area contributed by atoms with E-state index in [9.17, 15) is 9.59 Å². The first kappa shape index (κ1) is 22.2. The molecule has 7 heteroatoms. The Hall–Kier alpha value is -3.58. The number of carbonyl (C=O) groups is 2. The fraction of sp³-hybridized carbons (Fsp3) is 0.222. The zero-order valence-corrected chi connectivity index (χ0v) is 20.0. The third-order valence-corrected chi connectivity index (χ3v) is 7.28. The lowest BCUT2D eigenvalue weighted by atomic mass is 9.97. The number of benzene rings is 3. The first-order chi connectivity index (χ1) is 16.5. The molecule has 0 bridgehead atoms. The highest BCUT2D eigenvalue weighted by Gasteiger charge is 2.31. The molecule has 3 aromatic carbocycles. The lowest BCUT2D eigenvalue weighted by molar-refractivity contribution is 0.0736. The van der Waals surface area contributed by atoms with E-state index in [0.29, 0.717) is 23.7 Å². The Labute approximate surface area is 203 Å². The topological polar surface area (TPSA) is 67.2 Å². The zero-order valence-electron chi connectivity index (χ0n) is 19.2. The lowest BCUT2D eigenvalue weighted by Crippen LogP contribution is -2.44. The number of aromatic nitrogens is 2. The molecule has 2 amide bonds. The summed E-state index contributed by atoms with van der Waals surface area (Å²) in [6.07, 6.45) is 0. The number of amides is 2. The molecule has 0 spiro atoms. The van der Waals surface area contributed by atoms with Crippen LogP contribution >= 0.6 is 11.8 Å². The maximum Gasteiger partial charge on any atom is 0.272 e. The molecular formula is C27H26N4O2S. The van der Waals surface area contributed by atoms with Gasteiger partial charge >= 0.3 is 0 Å². The highest BCUT2D eigenvalue weighted by Crippen LogP contribution is 2.29. The number of hydrogen-bond acceptors (Lipinski definition) is 4. The standard InChI is InChI=1S/C27H26N4O2S/c1-18-8-7-9-19(14-18)21-10-3-4-11-22(21)27(33)31-17-34-16-20(31)15-28-26(32)25-23-12-5-6-13-24(23)30(2)29-25/h3-14,20H,15-17H2,1-2H3,(H,28,32)/t20-/m1/s1. The summed E-state index contributed by atoms with van der Waals surface area (Å²) in [7, 11) is 1.83. The van der Waals surface area contributed by atoms with Crippen LogP contribution in [0.1, 0.15) is 26.4 Å². The Morgan fingerprint density at radius 2 is 1.85 bits per heavy atom. The van der Waals surface area contributed by atoms with Crippen LogP contribution in [0.4, 0.5) is 0 Å². The van der Waals surface area contributed by atoms with Gasteiger partial charge in [-0.15, -0.1) is 11.8 Å². The summed E-state index contributed by atoms with van der Waals surface area (Å²) in [6, 6.07) is 23.5. The van der Waals surface area contributed by atoms with Crippen LogP contribution in [0.3, 0.4) is 0 Å². The van der Waals surface area contributed by atoms with E-state index in [1.54, 1.807) is 16.4 Å². The van der Waals surface area contributed by atoms with Gasteiger partial charge < -0.3 is 10.2 Å². The van der Waals surface area contributed by atoms with Gasteiger partial charge in [-0.2, -0.15) is 5.10 Å². The summed E-state index contributed by atoms with van der Waals surface area (Å²) in [5, 5.41) is 8.24. The van der Waals surface area contributed by atoms with Crippen molar-refractivity contribution in [1.29, 1.82) is 0 Å². The molecule has 2 heterocycles. The maximum absolute atomic E-state index is 13.6. The Balaban J connectivity index is 1.34. The van der Waals surface area contributed by atoms with Gasteiger partial charge in [0, 0.05) is 30.3 Å². The number of rotatable bonds is 5. The molecule has 1 aliphatic heterocycles. The fourth-order valence-electron chi connectivity index (χ4n) is 4.44. The van der Waals surface area contributed by atoms with E-state index in [2.05, 4.69) is 29.5 Å². The van der Waals surface area contributed by atoms with Crippen LogP contribution in [0.2, 0.25) is 0 Å².